The van der Waals surface area contributed by atoms with Crippen LogP contribution in [0.1, 0.15) is 20.8 Å². The van der Waals surface area contributed by atoms with Crippen LogP contribution in [0.3, 0.4) is 0 Å². The normalized spacial score (nSPS) is 16.0. The van der Waals surface area contributed by atoms with Crippen LogP contribution in [0, 0.1) is 0 Å². The Bertz CT molecular complexity index is 101. The smallest absolute Gasteiger partial charge is 0.0667 e. The average molecular weight is 191 g/mol. The second-order valence-corrected chi connectivity index (χ2v) is 4.33. The van der Waals surface area contributed by atoms with Gasteiger partial charge in [0.25, 0.3) is 0 Å². The molecule has 0 fully saturated rings. The summed E-state index contributed by atoms with van der Waals surface area (Å²) in [5.74, 6) is 2.39. The monoisotopic (exact) mass is 191 g/mol. The molecule has 0 amide bonds. The molecule has 74 valence electrons. The molecule has 3 heteroatoms. The van der Waals surface area contributed by atoms with Crippen molar-refractivity contribution in [3.63, 3.8) is 0 Å². The van der Waals surface area contributed by atoms with Crippen LogP contribution in [0.15, 0.2) is 0 Å². The van der Waals surface area contributed by atoms with E-state index in [1.54, 1.807) is 7.11 Å². The number of ether oxygens (including phenoxy) is 1. The van der Waals surface area contributed by atoms with E-state index in [1.165, 1.54) is 11.5 Å². The summed E-state index contributed by atoms with van der Waals surface area (Å²) in [6, 6.07) is 0.590. The molecular weight excluding hydrogens is 170 g/mol. The molecule has 2 atom stereocenters. The molecule has 0 aromatic carbocycles. The van der Waals surface area contributed by atoms with Gasteiger partial charge in [0.05, 0.1) is 6.10 Å². The highest BCUT2D eigenvalue weighted by molar-refractivity contribution is 7.99. The van der Waals surface area contributed by atoms with E-state index in [0.717, 1.165) is 6.54 Å². The van der Waals surface area contributed by atoms with Gasteiger partial charge in [-0.3, -0.25) is 0 Å². The SMILES string of the molecule is CCSCC(C)NCC(C)OC. The molecule has 0 aromatic heterocycles. The van der Waals surface area contributed by atoms with Gasteiger partial charge in [-0.15, -0.1) is 0 Å². The van der Waals surface area contributed by atoms with E-state index in [-0.39, 0.29) is 0 Å². The first-order valence-corrected chi connectivity index (χ1v) is 5.70. The van der Waals surface area contributed by atoms with Crippen LogP contribution in [0.2, 0.25) is 0 Å². The molecule has 0 radical (unpaired) electrons. The Morgan fingerprint density at radius 1 is 1.42 bits per heavy atom. The lowest BCUT2D eigenvalue weighted by molar-refractivity contribution is 0.115. The van der Waals surface area contributed by atoms with Crippen LogP contribution < -0.4 is 5.32 Å². The molecule has 0 aliphatic heterocycles. The van der Waals surface area contributed by atoms with Crippen LogP contribution in [-0.2, 0) is 4.74 Å². The Morgan fingerprint density at radius 3 is 2.58 bits per heavy atom. The molecule has 2 unspecified atom stereocenters. The molecule has 0 aliphatic rings. The predicted molar refractivity (Wildman–Crippen MR) is 56.9 cm³/mol. The lowest BCUT2D eigenvalue weighted by Crippen LogP contribution is -2.34. The lowest BCUT2D eigenvalue weighted by Gasteiger charge is -2.16. The van der Waals surface area contributed by atoms with Gasteiger partial charge in [0.2, 0.25) is 0 Å². The summed E-state index contributed by atoms with van der Waals surface area (Å²) in [7, 11) is 1.75. The molecule has 0 saturated carbocycles. The number of hydrogen-bond acceptors (Lipinski definition) is 3. The Labute approximate surface area is 80.4 Å². The molecule has 0 bridgehead atoms. The third kappa shape index (κ3) is 6.95. The van der Waals surface area contributed by atoms with Crippen molar-refractivity contribution in [1.29, 1.82) is 0 Å². The second kappa shape index (κ2) is 7.90. The average Bonchev–Trinajstić information content (AvgIpc) is 2.10. The van der Waals surface area contributed by atoms with Crippen molar-refractivity contribution in [3.05, 3.63) is 0 Å². The fourth-order valence-corrected chi connectivity index (χ4v) is 1.51. The maximum absolute atomic E-state index is 5.14. The van der Waals surface area contributed by atoms with Crippen LogP contribution in [0.4, 0.5) is 0 Å². The summed E-state index contributed by atoms with van der Waals surface area (Å²) >= 11 is 1.97. The van der Waals surface area contributed by atoms with Gasteiger partial charge in [-0.2, -0.15) is 11.8 Å². The molecule has 0 heterocycles. The molecule has 1 N–H and O–H groups in total. The van der Waals surface area contributed by atoms with Gasteiger partial charge >= 0.3 is 0 Å². The van der Waals surface area contributed by atoms with Gasteiger partial charge in [0.1, 0.15) is 0 Å². The van der Waals surface area contributed by atoms with Crippen molar-refractivity contribution in [2.24, 2.45) is 0 Å². The van der Waals surface area contributed by atoms with Crippen molar-refractivity contribution in [2.75, 3.05) is 25.2 Å². The van der Waals surface area contributed by atoms with E-state index in [2.05, 4.69) is 26.1 Å². The first-order valence-electron chi connectivity index (χ1n) is 4.54. The van der Waals surface area contributed by atoms with Crippen LogP contribution in [0.5, 0.6) is 0 Å². The summed E-state index contributed by atoms with van der Waals surface area (Å²) in [5.41, 5.74) is 0. The largest absolute Gasteiger partial charge is 0.380 e. The van der Waals surface area contributed by atoms with Crippen molar-refractivity contribution in [1.82, 2.24) is 5.32 Å². The van der Waals surface area contributed by atoms with Gasteiger partial charge in [-0.1, -0.05) is 6.92 Å². The van der Waals surface area contributed by atoms with E-state index >= 15 is 0 Å². The standard InChI is InChI=1S/C9H21NOS/c1-5-12-7-8(2)10-6-9(3)11-4/h8-10H,5-7H2,1-4H3. The van der Waals surface area contributed by atoms with E-state index in [9.17, 15) is 0 Å². The van der Waals surface area contributed by atoms with Gasteiger partial charge in [0, 0.05) is 25.4 Å². The summed E-state index contributed by atoms with van der Waals surface area (Å²) in [5, 5.41) is 3.42. The van der Waals surface area contributed by atoms with Crippen molar-refractivity contribution in [2.45, 2.75) is 32.9 Å². The first-order chi connectivity index (χ1) is 5.70. The highest BCUT2D eigenvalue weighted by Crippen LogP contribution is 2.01. The summed E-state index contributed by atoms with van der Waals surface area (Å²) < 4.78 is 5.14. The fraction of sp³-hybridized carbons (Fsp3) is 1.00. The Morgan fingerprint density at radius 2 is 2.08 bits per heavy atom. The Hall–Kier alpha value is 0.270. The molecule has 12 heavy (non-hydrogen) atoms. The number of hydrogen-bond donors (Lipinski definition) is 1. The Kier molecular flexibility index (Phi) is 8.07. The lowest BCUT2D eigenvalue weighted by atomic mass is 10.3. The summed E-state index contributed by atoms with van der Waals surface area (Å²) in [6.07, 6.45) is 0.319. The van der Waals surface area contributed by atoms with Crippen LogP contribution in [-0.4, -0.2) is 37.3 Å². The number of methoxy groups -OCH3 is 1. The van der Waals surface area contributed by atoms with Crippen molar-refractivity contribution >= 4 is 11.8 Å². The molecular formula is C9H21NOS. The minimum Gasteiger partial charge on any atom is -0.380 e. The van der Waals surface area contributed by atoms with Gasteiger partial charge in [-0.25, -0.2) is 0 Å². The quantitative estimate of drug-likeness (QED) is 0.662. The maximum atomic E-state index is 5.14. The minimum absolute atomic E-state index is 0.319. The Balaban J connectivity index is 3.24. The van der Waals surface area contributed by atoms with Crippen LogP contribution in [0.25, 0.3) is 0 Å². The molecule has 0 aromatic rings. The molecule has 0 spiro atoms. The van der Waals surface area contributed by atoms with Crippen molar-refractivity contribution < 1.29 is 4.74 Å². The van der Waals surface area contributed by atoms with Crippen molar-refractivity contribution in [3.8, 4) is 0 Å². The third-order valence-electron chi connectivity index (χ3n) is 1.73. The van der Waals surface area contributed by atoms with E-state index < -0.39 is 0 Å². The summed E-state index contributed by atoms with van der Waals surface area (Å²) in [6.45, 7) is 7.43. The number of thioether (sulfide) groups is 1. The first kappa shape index (κ1) is 12.3. The van der Waals surface area contributed by atoms with Crippen LogP contribution >= 0.6 is 11.8 Å². The zero-order valence-electron chi connectivity index (χ0n) is 8.59. The second-order valence-electron chi connectivity index (χ2n) is 3.02. The van der Waals surface area contributed by atoms with Gasteiger partial charge < -0.3 is 10.1 Å². The topological polar surface area (TPSA) is 21.3 Å². The van der Waals surface area contributed by atoms with Gasteiger partial charge in [0.15, 0.2) is 0 Å². The highest BCUT2D eigenvalue weighted by atomic mass is 32.2. The third-order valence-corrected chi connectivity index (χ3v) is 2.87. The molecule has 2 nitrogen and oxygen atoms in total. The molecule has 0 aliphatic carbocycles. The summed E-state index contributed by atoms with van der Waals surface area (Å²) in [4.78, 5) is 0. The zero-order chi connectivity index (χ0) is 9.40. The predicted octanol–water partition coefficient (Wildman–Crippen LogP) is 1.75. The fourth-order valence-electron chi connectivity index (χ4n) is 0.804. The highest BCUT2D eigenvalue weighted by Gasteiger charge is 2.03. The van der Waals surface area contributed by atoms with E-state index in [1.807, 2.05) is 11.8 Å². The zero-order valence-corrected chi connectivity index (χ0v) is 9.41. The van der Waals surface area contributed by atoms with E-state index in [0.29, 0.717) is 12.1 Å². The van der Waals surface area contributed by atoms with Gasteiger partial charge in [-0.05, 0) is 19.6 Å². The molecule has 0 saturated heterocycles. The van der Waals surface area contributed by atoms with E-state index in [4.69, 9.17) is 4.74 Å². The molecule has 0 rings (SSSR count). The maximum Gasteiger partial charge on any atom is 0.0667 e. The minimum atomic E-state index is 0.319. The number of nitrogens with one attached hydrogen (secondary N) is 1. The number of rotatable bonds is 7.